The van der Waals surface area contributed by atoms with Crippen LogP contribution in [0.2, 0.25) is 0 Å². The third-order valence-corrected chi connectivity index (χ3v) is 2.83. The summed E-state index contributed by atoms with van der Waals surface area (Å²) >= 11 is 0. The normalized spacial score (nSPS) is 15.2. The first-order valence-electron chi connectivity index (χ1n) is 5.33. The monoisotopic (exact) mass is 211 g/mol. The predicted octanol–water partition coefficient (Wildman–Crippen LogP) is 1.35. The van der Waals surface area contributed by atoms with Gasteiger partial charge in [0.05, 0.1) is 18.1 Å². The quantitative estimate of drug-likeness (QED) is 0.772. The zero-order chi connectivity index (χ0) is 11.3. The maximum absolute atomic E-state index is 5.10. The maximum Gasteiger partial charge on any atom is 0.0946 e. The molecule has 1 rings (SSSR count). The van der Waals surface area contributed by atoms with Crippen molar-refractivity contribution in [3.05, 3.63) is 18.2 Å². The van der Waals surface area contributed by atoms with Gasteiger partial charge in [-0.1, -0.05) is 6.92 Å². The van der Waals surface area contributed by atoms with E-state index in [0.717, 1.165) is 13.0 Å². The number of rotatable bonds is 6. The van der Waals surface area contributed by atoms with E-state index >= 15 is 0 Å². The summed E-state index contributed by atoms with van der Waals surface area (Å²) in [6, 6.07) is 0.340. The first kappa shape index (κ1) is 12.2. The second-order valence-corrected chi connectivity index (χ2v) is 3.95. The minimum Gasteiger partial charge on any atom is -0.385 e. The van der Waals surface area contributed by atoms with Crippen molar-refractivity contribution >= 4 is 0 Å². The molecule has 0 aliphatic heterocycles. The van der Waals surface area contributed by atoms with Crippen LogP contribution in [0.1, 0.15) is 25.1 Å². The van der Waals surface area contributed by atoms with Crippen LogP contribution in [-0.4, -0.2) is 30.3 Å². The number of ether oxygens (including phenoxy) is 1. The summed E-state index contributed by atoms with van der Waals surface area (Å²) in [5.74, 6) is 0.533. The van der Waals surface area contributed by atoms with Crippen LogP contribution in [0.4, 0.5) is 0 Å². The van der Waals surface area contributed by atoms with Crippen molar-refractivity contribution in [1.82, 2.24) is 14.9 Å². The first-order valence-corrected chi connectivity index (χ1v) is 5.33. The minimum atomic E-state index is 0.340. The highest BCUT2D eigenvalue weighted by molar-refractivity contribution is 5.05. The van der Waals surface area contributed by atoms with Crippen molar-refractivity contribution < 1.29 is 4.74 Å². The van der Waals surface area contributed by atoms with Gasteiger partial charge in [0.25, 0.3) is 0 Å². The zero-order valence-corrected chi connectivity index (χ0v) is 10.0. The molecule has 4 nitrogen and oxygen atoms in total. The van der Waals surface area contributed by atoms with Gasteiger partial charge in [0.2, 0.25) is 0 Å². The van der Waals surface area contributed by atoms with E-state index in [1.54, 1.807) is 7.11 Å². The Hall–Kier alpha value is -0.870. The van der Waals surface area contributed by atoms with Gasteiger partial charge in [0.15, 0.2) is 0 Å². The molecule has 15 heavy (non-hydrogen) atoms. The molecule has 0 aromatic carbocycles. The van der Waals surface area contributed by atoms with E-state index in [4.69, 9.17) is 4.74 Å². The summed E-state index contributed by atoms with van der Waals surface area (Å²) in [6.45, 7) is 3.03. The minimum absolute atomic E-state index is 0.340. The molecule has 0 saturated heterocycles. The van der Waals surface area contributed by atoms with E-state index in [9.17, 15) is 0 Å². The molecule has 1 N–H and O–H groups in total. The molecule has 1 heterocycles. The summed E-state index contributed by atoms with van der Waals surface area (Å²) in [6.07, 6.45) is 4.81. The maximum atomic E-state index is 5.10. The molecule has 2 unspecified atom stereocenters. The van der Waals surface area contributed by atoms with Gasteiger partial charge in [-0.2, -0.15) is 0 Å². The smallest absolute Gasteiger partial charge is 0.0946 e. The Morgan fingerprint density at radius 1 is 1.60 bits per heavy atom. The summed E-state index contributed by atoms with van der Waals surface area (Å²) in [5, 5.41) is 3.34. The Labute approximate surface area is 91.7 Å². The fourth-order valence-electron chi connectivity index (χ4n) is 1.86. The largest absolute Gasteiger partial charge is 0.385 e. The van der Waals surface area contributed by atoms with Crippen molar-refractivity contribution in [2.45, 2.75) is 19.4 Å². The van der Waals surface area contributed by atoms with Crippen molar-refractivity contribution in [1.29, 1.82) is 0 Å². The molecule has 1 aromatic heterocycles. The molecular formula is C11H21N3O. The molecule has 2 atom stereocenters. The summed E-state index contributed by atoms with van der Waals surface area (Å²) in [4.78, 5) is 4.14. The van der Waals surface area contributed by atoms with Gasteiger partial charge < -0.3 is 14.6 Å². The van der Waals surface area contributed by atoms with E-state index in [1.165, 1.54) is 5.69 Å². The van der Waals surface area contributed by atoms with Crippen LogP contribution in [0.3, 0.4) is 0 Å². The Morgan fingerprint density at radius 2 is 2.33 bits per heavy atom. The molecule has 0 aliphatic carbocycles. The molecule has 4 heteroatoms. The molecular weight excluding hydrogens is 190 g/mol. The van der Waals surface area contributed by atoms with Crippen LogP contribution in [0.25, 0.3) is 0 Å². The number of imidazole rings is 1. The van der Waals surface area contributed by atoms with E-state index in [2.05, 4.69) is 21.8 Å². The average molecular weight is 211 g/mol. The lowest BCUT2D eigenvalue weighted by Crippen LogP contribution is -2.26. The topological polar surface area (TPSA) is 39.1 Å². The molecule has 0 spiro atoms. The lowest BCUT2D eigenvalue weighted by atomic mass is 9.96. The van der Waals surface area contributed by atoms with Crippen molar-refractivity contribution in [2.24, 2.45) is 13.0 Å². The Bertz CT molecular complexity index is 285. The molecule has 0 amide bonds. The van der Waals surface area contributed by atoms with Crippen molar-refractivity contribution in [3.63, 3.8) is 0 Å². The molecule has 0 fully saturated rings. The number of hydrogen-bond donors (Lipinski definition) is 1. The van der Waals surface area contributed by atoms with Crippen LogP contribution in [-0.2, 0) is 11.8 Å². The zero-order valence-electron chi connectivity index (χ0n) is 10.0. The summed E-state index contributed by atoms with van der Waals surface area (Å²) in [5.41, 5.74) is 1.22. The average Bonchev–Trinajstić information content (AvgIpc) is 2.63. The van der Waals surface area contributed by atoms with Crippen LogP contribution in [0.5, 0.6) is 0 Å². The molecule has 0 bridgehead atoms. The van der Waals surface area contributed by atoms with E-state index in [1.807, 2.05) is 26.6 Å². The van der Waals surface area contributed by atoms with Crippen molar-refractivity contribution in [2.75, 3.05) is 20.8 Å². The van der Waals surface area contributed by atoms with E-state index in [-0.39, 0.29) is 0 Å². The van der Waals surface area contributed by atoms with Gasteiger partial charge in [-0.05, 0) is 19.4 Å². The number of nitrogens with one attached hydrogen (secondary N) is 1. The second-order valence-electron chi connectivity index (χ2n) is 3.95. The standard InChI is InChI=1S/C11H21N3O/c1-9(5-6-15-4)11(12-2)10-7-13-8-14(10)3/h7-9,11-12H,5-6H2,1-4H3. The Kier molecular flexibility index (Phi) is 4.78. The van der Waals surface area contributed by atoms with Gasteiger partial charge >= 0.3 is 0 Å². The first-order chi connectivity index (χ1) is 7.20. The van der Waals surface area contributed by atoms with Gasteiger partial charge in [-0.25, -0.2) is 4.98 Å². The third kappa shape index (κ3) is 3.04. The lowest BCUT2D eigenvalue weighted by Gasteiger charge is -2.23. The summed E-state index contributed by atoms with van der Waals surface area (Å²) < 4.78 is 7.16. The summed E-state index contributed by atoms with van der Waals surface area (Å²) in [7, 11) is 5.75. The van der Waals surface area contributed by atoms with Crippen molar-refractivity contribution in [3.8, 4) is 0 Å². The highest BCUT2D eigenvalue weighted by Crippen LogP contribution is 2.23. The van der Waals surface area contributed by atoms with Gasteiger partial charge in [0, 0.05) is 27.0 Å². The van der Waals surface area contributed by atoms with E-state index < -0.39 is 0 Å². The van der Waals surface area contributed by atoms with Gasteiger partial charge in [0.1, 0.15) is 0 Å². The number of hydrogen-bond acceptors (Lipinski definition) is 3. The van der Waals surface area contributed by atoms with Crippen LogP contribution in [0.15, 0.2) is 12.5 Å². The number of aromatic nitrogens is 2. The van der Waals surface area contributed by atoms with Gasteiger partial charge in [-0.15, -0.1) is 0 Å². The number of methoxy groups -OCH3 is 1. The van der Waals surface area contributed by atoms with Crippen LogP contribution < -0.4 is 5.32 Å². The molecule has 1 aromatic rings. The highest BCUT2D eigenvalue weighted by Gasteiger charge is 2.19. The Balaban J connectivity index is 2.67. The van der Waals surface area contributed by atoms with Gasteiger partial charge in [-0.3, -0.25) is 0 Å². The van der Waals surface area contributed by atoms with E-state index in [0.29, 0.717) is 12.0 Å². The predicted molar refractivity (Wildman–Crippen MR) is 60.7 cm³/mol. The highest BCUT2D eigenvalue weighted by atomic mass is 16.5. The molecule has 0 saturated carbocycles. The fourth-order valence-corrected chi connectivity index (χ4v) is 1.86. The molecule has 86 valence electrons. The molecule has 0 aliphatic rings. The SMILES string of the molecule is CNC(c1cncn1C)C(C)CCOC. The van der Waals surface area contributed by atoms with Crippen LogP contribution >= 0.6 is 0 Å². The Morgan fingerprint density at radius 3 is 2.80 bits per heavy atom. The lowest BCUT2D eigenvalue weighted by molar-refractivity contribution is 0.170. The second kappa shape index (κ2) is 5.88. The molecule has 0 radical (unpaired) electrons. The fraction of sp³-hybridized carbons (Fsp3) is 0.727. The number of aryl methyl sites for hydroxylation is 1. The van der Waals surface area contributed by atoms with Crippen LogP contribution in [0, 0.1) is 5.92 Å². The number of nitrogens with zero attached hydrogens (tertiary/aromatic N) is 2. The third-order valence-electron chi connectivity index (χ3n) is 2.83.